The first-order valence-electron chi connectivity index (χ1n) is 6.35. The summed E-state index contributed by atoms with van der Waals surface area (Å²) in [7, 11) is 1.46. The molecule has 0 saturated heterocycles. The van der Waals surface area contributed by atoms with E-state index in [2.05, 4.69) is 5.32 Å². The summed E-state index contributed by atoms with van der Waals surface area (Å²) in [5.74, 6) is -0.249. The molecule has 0 unspecified atom stereocenters. The summed E-state index contributed by atoms with van der Waals surface area (Å²) in [6.45, 7) is 2.53. The molecule has 1 rings (SSSR count). The molecule has 0 radical (unpaired) electrons. The fourth-order valence-corrected chi connectivity index (χ4v) is 1.68. The van der Waals surface area contributed by atoms with Gasteiger partial charge in [0.15, 0.2) is 0 Å². The maximum Gasteiger partial charge on any atom is 0.307 e. The Balaban J connectivity index is 2.49. The third kappa shape index (κ3) is 5.09. The summed E-state index contributed by atoms with van der Waals surface area (Å²) in [5.41, 5.74) is 0.374. The second-order valence-electron chi connectivity index (χ2n) is 4.07. The van der Waals surface area contributed by atoms with E-state index >= 15 is 0 Å². The van der Waals surface area contributed by atoms with Crippen LogP contribution in [0.2, 0.25) is 5.02 Å². The SMILES string of the molecule is CCCOC(=O)CCNC(=O)c1ccc(Cl)cc1OC. The maximum atomic E-state index is 11.9. The zero-order chi connectivity index (χ0) is 15.0. The van der Waals surface area contributed by atoms with E-state index in [1.54, 1.807) is 18.2 Å². The van der Waals surface area contributed by atoms with Crippen LogP contribution in [-0.2, 0) is 9.53 Å². The number of nitrogens with one attached hydrogen (secondary N) is 1. The van der Waals surface area contributed by atoms with Crippen LogP contribution in [-0.4, -0.2) is 32.1 Å². The first-order valence-corrected chi connectivity index (χ1v) is 6.73. The predicted molar refractivity (Wildman–Crippen MR) is 76.2 cm³/mol. The Bertz CT molecular complexity index is 476. The van der Waals surface area contributed by atoms with Crippen molar-refractivity contribution in [1.29, 1.82) is 0 Å². The van der Waals surface area contributed by atoms with Gasteiger partial charge in [0.1, 0.15) is 5.75 Å². The number of methoxy groups -OCH3 is 1. The van der Waals surface area contributed by atoms with Gasteiger partial charge in [-0.1, -0.05) is 18.5 Å². The normalized spacial score (nSPS) is 9.95. The van der Waals surface area contributed by atoms with E-state index < -0.39 is 0 Å². The number of carbonyl (C=O) groups is 2. The van der Waals surface area contributed by atoms with Crippen molar-refractivity contribution in [3.8, 4) is 5.75 Å². The monoisotopic (exact) mass is 299 g/mol. The van der Waals surface area contributed by atoms with Crippen LogP contribution in [0.15, 0.2) is 18.2 Å². The Morgan fingerprint density at radius 1 is 1.35 bits per heavy atom. The van der Waals surface area contributed by atoms with Crippen molar-refractivity contribution >= 4 is 23.5 Å². The van der Waals surface area contributed by atoms with E-state index in [0.717, 1.165) is 6.42 Å². The fraction of sp³-hybridized carbons (Fsp3) is 0.429. The molecule has 1 N–H and O–H groups in total. The van der Waals surface area contributed by atoms with E-state index in [4.69, 9.17) is 21.1 Å². The molecule has 0 bridgehead atoms. The molecule has 0 aliphatic heterocycles. The highest BCUT2D eigenvalue weighted by Crippen LogP contribution is 2.22. The molecule has 20 heavy (non-hydrogen) atoms. The van der Waals surface area contributed by atoms with Gasteiger partial charge in [-0.3, -0.25) is 9.59 Å². The molecule has 0 aliphatic rings. The van der Waals surface area contributed by atoms with E-state index in [9.17, 15) is 9.59 Å². The quantitative estimate of drug-likeness (QED) is 0.785. The third-order valence-corrected chi connectivity index (χ3v) is 2.73. The number of rotatable bonds is 7. The summed E-state index contributed by atoms with van der Waals surface area (Å²) in [4.78, 5) is 23.2. The van der Waals surface area contributed by atoms with Crippen molar-refractivity contribution in [2.45, 2.75) is 19.8 Å². The van der Waals surface area contributed by atoms with Crippen molar-refractivity contribution in [1.82, 2.24) is 5.32 Å². The lowest BCUT2D eigenvalue weighted by atomic mass is 10.2. The van der Waals surface area contributed by atoms with Gasteiger partial charge in [-0.05, 0) is 24.6 Å². The second-order valence-corrected chi connectivity index (χ2v) is 4.51. The summed E-state index contributed by atoms with van der Waals surface area (Å²) in [5, 5.41) is 3.13. The number of hydrogen-bond donors (Lipinski definition) is 1. The van der Waals surface area contributed by atoms with Gasteiger partial charge in [-0.2, -0.15) is 0 Å². The number of benzene rings is 1. The Kier molecular flexibility index (Phi) is 6.87. The first kappa shape index (κ1) is 16.3. The first-order chi connectivity index (χ1) is 9.58. The Hall–Kier alpha value is -1.75. The molecule has 5 nitrogen and oxygen atoms in total. The van der Waals surface area contributed by atoms with Gasteiger partial charge in [-0.15, -0.1) is 0 Å². The molecule has 0 aliphatic carbocycles. The van der Waals surface area contributed by atoms with Gasteiger partial charge in [0, 0.05) is 11.6 Å². The summed E-state index contributed by atoms with van der Waals surface area (Å²) in [6, 6.07) is 4.74. The Morgan fingerprint density at radius 3 is 2.75 bits per heavy atom. The van der Waals surface area contributed by atoms with Crippen molar-refractivity contribution in [2.75, 3.05) is 20.3 Å². The van der Waals surface area contributed by atoms with E-state index in [1.165, 1.54) is 7.11 Å². The number of ether oxygens (including phenoxy) is 2. The lowest BCUT2D eigenvalue weighted by Crippen LogP contribution is -2.27. The maximum absolute atomic E-state index is 11.9. The second kappa shape index (κ2) is 8.43. The van der Waals surface area contributed by atoms with Crippen molar-refractivity contribution in [2.24, 2.45) is 0 Å². The lowest BCUT2D eigenvalue weighted by Gasteiger charge is -2.09. The smallest absolute Gasteiger partial charge is 0.307 e. The topological polar surface area (TPSA) is 64.6 Å². The average molecular weight is 300 g/mol. The van der Waals surface area contributed by atoms with Gasteiger partial charge in [-0.25, -0.2) is 0 Å². The van der Waals surface area contributed by atoms with Gasteiger partial charge >= 0.3 is 5.97 Å². The Labute approximate surface area is 123 Å². The number of hydrogen-bond acceptors (Lipinski definition) is 4. The Morgan fingerprint density at radius 2 is 2.10 bits per heavy atom. The number of esters is 1. The number of halogens is 1. The lowest BCUT2D eigenvalue weighted by molar-refractivity contribution is -0.143. The van der Waals surface area contributed by atoms with Gasteiger partial charge in [0.2, 0.25) is 0 Å². The van der Waals surface area contributed by atoms with Gasteiger partial charge in [0.05, 0.1) is 25.7 Å². The average Bonchev–Trinajstić information content (AvgIpc) is 2.44. The molecule has 1 aromatic rings. The molecule has 110 valence electrons. The van der Waals surface area contributed by atoms with Crippen LogP contribution in [0.25, 0.3) is 0 Å². The molecular formula is C14H18ClNO4. The standard InChI is InChI=1S/C14H18ClNO4/c1-3-8-20-13(17)6-7-16-14(18)11-5-4-10(15)9-12(11)19-2/h4-5,9H,3,6-8H2,1-2H3,(H,16,18). The van der Waals surface area contributed by atoms with E-state index in [0.29, 0.717) is 22.9 Å². The van der Waals surface area contributed by atoms with Crippen molar-refractivity contribution in [3.05, 3.63) is 28.8 Å². The summed E-state index contributed by atoms with van der Waals surface area (Å²) < 4.78 is 10.00. The highest BCUT2D eigenvalue weighted by molar-refractivity contribution is 6.30. The summed E-state index contributed by atoms with van der Waals surface area (Å²) in [6.07, 6.45) is 0.918. The molecule has 0 atom stereocenters. The predicted octanol–water partition coefficient (Wildman–Crippen LogP) is 2.42. The minimum absolute atomic E-state index is 0.141. The van der Waals surface area contributed by atoms with Crippen LogP contribution >= 0.6 is 11.6 Å². The van der Waals surface area contributed by atoms with Crippen LogP contribution in [0.1, 0.15) is 30.1 Å². The number of amides is 1. The van der Waals surface area contributed by atoms with Crippen LogP contribution < -0.4 is 10.1 Å². The molecule has 0 fully saturated rings. The van der Waals surface area contributed by atoms with E-state index in [-0.39, 0.29) is 24.8 Å². The molecule has 1 aromatic carbocycles. The molecular weight excluding hydrogens is 282 g/mol. The highest BCUT2D eigenvalue weighted by Gasteiger charge is 2.12. The molecule has 0 spiro atoms. The van der Waals surface area contributed by atoms with Crippen molar-refractivity contribution in [3.63, 3.8) is 0 Å². The fourth-order valence-electron chi connectivity index (χ4n) is 1.51. The van der Waals surface area contributed by atoms with Crippen LogP contribution in [0.3, 0.4) is 0 Å². The minimum atomic E-state index is -0.324. The van der Waals surface area contributed by atoms with Crippen LogP contribution in [0.5, 0.6) is 5.75 Å². The summed E-state index contributed by atoms with van der Waals surface area (Å²) >= 11 is 5.82. The van der Waals surface area contributed by atoms with Gasteiger partial charge in [0.25, 0.3) is 5.91 Å². The van der Waals surface area contributed by atoms with Crippen LogP contribution in [0.4, 0.5) is 0 Å². The minimum Gasteiger partial charge on any atom is -0.496 e. The van der Waals surface area contributed by atoms with E-state index in [1.807, 2.05) is 6.92 Å². The molecule has 1 amide bonds. The number of carbonyl (C=O) groups excluding carboxylic acids is 2. The molecule has 0 heterocycles. The van der Waals surface area contributed by atoms with Crippen molar-refractivity contribution < 1.29 is 19.1 Å². The van der Waals surface area contributed by atoms with Crippen LogP contribution in [0, 0.1) is 0 Å². The van der Waals surface area contributed by atoms with Gasteiger partial charge < -0.3 is 14.8 Å². The molecule has 0 aromatic heterocycles. The highest BCUT2D eigenvalue weighted by atomic mass is 35.5. The largest absolute Gasteiger partial charge is 0.496 e. The molecule has 6 heteroatoms. The molecule has 0 saturated carbocycles. The third-order valence-electron chi connectivity index (χ3n) is 2.49. The zero-order valence-electron chi connectivity index (χ0n) is 11.6. The zero-order valence-corrected chi connectivity index (χ0v) is 12.3.